The summed E-state index contributed by atoms with van der Waals surface area (Å²) in [5.41, 5.74) is 0.782. The van der Waals surface area contributed by atoms with E-state index in [0.717, 1.165) is 30.1 Å². The lowest BCUT2D eigenvalue weighted by Crippen LogP contribution is -2.39. The first-order valence-electron chi connectivity index (χ1n) is 7.35. The molecular formula is C14H21N5O. The van der Waals surface area contributed by atoms with Crippen molar-refractivity contribution in [3.05, 3.63) is 18.2 Å². The van der Waals surface area contributed by atoms with E-state index >= 15 is 0 Å². The lowest BCUT2D eigenvalue weighted by atomic mass is 9.94. The molecule has 108 valence electrons. The maximum absolute atomic E-state index is 9.39. The highest BCUT2D eigenvalue weighted by Crippen LogP contribution is 2.27. The predicted octanol–water partition coefficient (Wildman–Crippen LogP) is 1.56. The molecule has 1 saturated carbocycles. The molecule has 1 N–H and O–H groups in total. The Kier molecular flexibility index (Phi) is 3.82. The van der Waals surface area contributed by atoms with Crippen LogP contribution in [0.3, 0.4) is 0 Å². The number of hydrogen-bond acceptors (Lipinski definition) is 5. The van der Waals surface area contributed by atoms with Crippen LogP contribution in [-0.4, -0.2) is 43.9 Å². The van der Waals surface area contributed by atoms with Crippen LogP contribution < -0.4 is 4.90 Å². The normalized spacial score (nSPS) is 16.7. The molecule has 20 heavy (non-hydrogen) atoms. The standard InChI is InChI=1S/C14H21N5O/c1-11-16-17-14-13(15-7-8-18(11)14)19(9-10-20)12-5-3-2-4-6-12/h7-8,12,20H,2-6,9-10H2,1H3. The molecule has 6 heteroatoms. The average molecular weight is 275 g/mol. The number of rotatable bonds is 4. The van der Waals surface area contributed by atoms with E-state index < -0.39 is 0 Å². The number of fused-ring (bicyclic) bond motifs is 1. The Morgan fingerprint density at radius 2 is 2.10 bits per heavy atom. The second-order valence-electron chi connectivity index (χ2n) is 5.40. The second-order valence-corrected chi connectivity index (χ2v) is 5.40. The van der Waals surface area contributed by atoms with E-state index in [1.165, 1.54) is 19.3 Å². The van der Waals surface area contributed by atoms with E-state index in [4.69, 9.17) is 0 Å². The molecule has 2 aromatic rings. The first kappa shape index (κ1) is 13.3. The molecule has 0 unspecified atom stereocenters. The molecule has 1 fully saturated rings. The van der Waals surface area contributed by atoms with E-state index in [1.807, 2.05) is 17.5 Å². The summed E-state index contributed by atoms with van der Waals surface area (Å²) in [6, 6.07) is 0.451. The molecule has 2 heterocycles. The van der Waals surface area contributed by atoms with Gasteiger partial charge in [0.05, 0.1) is 6.61 Å². The van der Waals surface area contributed by atoms with Gasteiger partial charge in [-0.15, -0.1) is 10.2 Å². The highest BCUT2D eigenvalue weighted by molar-refractivity contribution is 5.64. The largest absolute Gasteiger partial charge is 0.395 e. The molecule has 0 bridgehead atoms. The van der Waals surface area contributed by atoms with Gasteiger partial charge >= 0.3 is 0 Å². The number of hydrogen-bond donors (Lipinski definition) is 1. The van der Waals surface area contributed by atoms with E-state index in [-0.39, 0.29) is 6.61 Å². The zero-order valence-electron chi connectivity index (χ0n) is 11.9. The zero-order chi connectivity index (χ0) is 13.9. The molecule has 1 aliphatic rings. The van der Waals surface area contributed by atoms with Crippen molar-refractivity contribution < 1.29 is 5.11 Å². The minimum atomic E-state index is 0.131. The van der Waals surface area contributed by atoms with E-state index in [9.17, 15) is 5.11 Å². The fourth-order valence-corrected chi connectivity index (χ4v) is 3.09. The second kappa shape index (κ2) is 5.75. The summed E-state index contributed by atoms with van der Waals surface area (Å²) in [6.07, 6.45) is 9.80. The third-order valence-electron chi connectivity index (χ3n) is 4.11. The highest BCUT2D eigenvalue weighted by atomic mass is 16.3. The molecule has 0 spiro atoms. The lowest BCUT2D eigenvalue weighted by Gasteiger charge is -2.34. The van der Waals surface area contributed by atoms with Gasteiger partial charge in [-0.05, 0) is 19.8 Å². The van der Waals surface area contributed by atoms with Crippen LogP contribution in [0.15, 0.2) is 12.4 Å². The van der Waals surface area contributed by atoms with Crippen molar-refractivity contribution >= 4 is 11.5 Å². The molecule has 0 saturated heterocycles. The Morgan fingerprint density at radius 3 is 2.85 bits per heavy atom. The fourth-order valence-electron chi connectivity index (χ4n) is 3.09. The quantitative estimate of drug-likeness (QED) is 0.917. The van der Waals surface area contributed by atoms with Gasteiger partial charge in [0, 0.05) is 25.0 Å². The van der Waals surface area contributed by atoms with Crippen LogP contribution in [0.25, 0.3) is 5.65 Å². The van der Waals surface area contributed by atoms with Crippen molar-refractivity contribution in [3.63, 3.8) is 0 Å². The predicted molar refractivity (Wildman–Crippen MR) is 76.8 cm³/mol. The molecule has 0 atom stereocenters. The van der Waals surface area contributed by atoms with E-state index in [1.54, 1.807) is 6.20 Å². The summed E-state index contributed by atoms with van der Waals surface area (Å²) in [4.78, 5) is 6.72. The van der Waals surface area contributed by atoms with Crippen molar-refractivity contribution in [1.29, 1.82) is 0 Å². The van der Waals surface area contributed by atoms with Gasteiger partial charge in [-0.1, -0.05) is 19.3 Å². The van der Waals surface area contributed by atoms with Crippen molar-refractivity contribution in [2.75, 3.05) is 18.1 Å². The van der Waals surface area contributed by atoms with Crippen molar-refractivity contribution in [2.45, 2.75) is 45.1 Å². The van der Waals surface area contributed by atoms with E-state index in [0.29, 0.717) is 12.6 Å². The van der Waals surface area contributed by atoms with Gasteiger partial charge in [-0.2, -0.15) is 0 Å². The Morgan fingerprint density at radius 1 is 1.30 bits per heavy atom. The number of aromatic nitrogens is 4. The molecule has 1 aliphatic carbocycles. The summed E-state index contributed by atoms with van der Waals surface area (Å²) >= 11 is 0. The summed E-state index contributed by atoms with van der Waals surface area (Å²) in [5.74, 6) is 1.70. The number of aliphatic hydroxyl groups excluding tert-OH is 1. The first-order valence-corrected chi connectivity index (χ1v) is 7.35. The van der Waals surface area contributed by atoms with Gasteiger partial charge in [0.25, 0.3) is 0 Å². The van der Waals surface area contributed by atoms with Crippen molar-refractivity contribution in [1.82, 2.24) is 19.6 Å². The average Bonchev–Trinajstić information content (AvgIpc) is 2.88. The molecule has 0 radical (unpaired) electrons. The topological polar surface area (TPSA) is 66.5 Å². The molecule has 0 aromatic carbocycles. The summed E-state index contributed by atoms with van der Waals surface area (Å²) < 4.78 is 1.95. The number of aryl methyl sites for hydroxylation is 1. The van der Waals surface area contributed by atoms with Crippen molar-refractivity contribution in [3.8, 4) is 0 Å². The Hall–Kier alpha value is -1.69. The third-order valence-corrected chi connectivity index (χ3v) is 4.11. The molecule has 6 nitrogen and oxygen atoms in total. The number of nitrogens with zero attached hydrogens (tertiary/aromatic N) is 5. The zero-order valence-corrected chi connectivity index (χ0v) is 11.9. The van der Waals surface area contributed by atoms with E-state index in [2.05, 4.69) is 20.1 Å². The van der Waals surface area contributed by atoms with Gasteiger partial charge in [0.1, 0.15) is 5.82 Å². The van der Waals surface area contributed by atoms with Gasteiger partial charge in [0.15, 0.2) is 5.82 Å². The minimum absolute atomic E-state index is 0.131. The van der Waals surface area contributed by atoms with Crippen molar-refractivity contribution in [2.24, 2.45) is 0 Å². The molecule has 3 rings (SSSR count). The van der Waals surface area contributed by atoms with Crippen LogP contribution in [0.5, 0.6) is 0 Å². The Balaban J connectivity index is 2.00. The smallest absolute Gasteiger partial charge is 0.203 e. The third kappa shape index (κ3) is 2.35. The number of anilines is 1. The van der Waals surface area contributed by atoms with Crippen LogP contribution in [-0.2, 0) is 0 Å². The van der Waals surface area contributed by atoms with Gasteiger partial charge in [0.2, 0.25) is 5.65 Å². The molecule has 0 aliphatic heterocycles. The SMILES string of the molecule is Cc1nnc2c(N(CCO)C3CCCCC3)nccn12. The summed E-state index contributed by atoms with van der Waals surface area (Å²) in [7, 11) is 0. The van der Waals surface area contributed by atoms with Crippen LogP contribution >= 0.6 is 0 Å². The first-order chi connectivity index (χ1) is 9.81. The lowest BCUT2D eigenvalue weighted by molar-refractivity contribution is 0.289. The number of aliphatic hydroxyl groups is 1. The minimum Gasteiger partial charge on any atom is -0.395 e. The van der Waals surface area contributed by atoms with Gasteiger partial charge < -0.3 is 10.0 Å². The maximum atomic E-state index is 9.39. The van der Waals surface area contributed by atoms with Crippen LogP contribution in [0.4, 0.5) is 5.82 Å². The maximum Gasteiger partial charge on any atom is 0.203 e. The molecular weight excluding hydrogens is 254 g/mol. The Labute approximate surface area is 118 Å². The Bertz CT molecular complexity index is 576. The van der Waals surface area contributed by atoms with Crippen LogP contribution in [0, 0.1) is 6.92 Å². The van der Waals surface area contributed by atoms with Gasteiger partial charge in [-0.25, -0.2) is 4.98 Å². The van der Waals surface area contributed by atoms with Crippen LogP contribution in [0.1, 0.15) is 37.9 Å². The van der Waals surface area contributed by atoms with Gasteiger partial charge in [-0.3, -0.25) is 4.40 Å². The summed E-state index contributed by atoms with van der Waals surface area (Å²) in [5, 5.41) is 17.8. The fraction of sp³-hybridized carbons (Fsp3) is 0.643. The highest BCUT2D eigenvalue weighted by Gasteiger charge is 2.24. The monoisotopic (exact) mass is 275 g/mol. The molecule has 2 aromatic heterocycles. The summed E-state index contributed by atoms with van der Waals surface area (Å²) in [6.45, 7) is 2.66. The molecule has 0 amide bonds. The van der Waals surface area contributed by atoms with Crippen LogP contribution in [0.2, 0.25) is 0 Å².